The summed E-state index contributed by atoms with van der Waals surface area (Å²) in [4.78, 5) is 13.2. The maximum Gasteiger partial charge on any atom is 0.311 e. The molecular weight excluding hydrogens is 394 g/mol. The van der Waals surface area contributed by atoms with Crippen LogP contribution in [0, 0.1) is 6.92 Å². The Balaban J connectivity index is 3.19. The first-order valence-corrected chi connectivity index (χ1v) is 11.2. The predicted molar refractivity (Wildman–Crippen MR) is 117 cm³/mol. The van der Waals surface area contributed by atoms with E-state index in [2.05, 4.69) is 21.9 Å². The fourth-order valence-electron chi connectivity index (χ4n) is 3.16. The van der Waals surface area contributed by atoms with Crippen molar-refractivity contribution in [1.82, 2.24) is 10.6 Å². The van der Waals surface area contributed by atoms with Crippen molar-refractivity contribution in [3.8, 4) is 0 Å². The Morgan fingerprint density at radius 1 is 1.11 bits per heavy atom. The Hall–Kier alpha value is -1.80. The van der Waals surface area contributed by atoms with Gasteiger partial charge in [-0.15, -0.1) is 0 Å². The summed E-state index contributed by atoms with van der Waals surface area (Å²) >= 11 is 5.09. The lowest BCUT2D eigenvalue weighted by atomic mass is 9.75. The van der Waals surface area contributed by atoms with Crippen molar-refractivity contribution in [1.29, 1.82) is 0 Å². The molecule has 2 N–H and O–H groups in total. The van der Waals surface area contributed by atoms with Crippen molar-refractivity contribution in [3.05, 3.63) is 35.4 Å². The fraction of sp³-hybridized carbons (Fsp3) is 0.600. The second-order valence-electron chi connectivity index (χ2n) is 7.00. The van der Waals surface area contributed by atoms with E-state index in [9.17, 15) is 13.2 Å². The molecule has 0 saturated carbocycles. The molecule has 1 amide bonds. The minimum Gasteiger partial charge on any atom is -0.365 e. The molecule has 1 aromatic rings. The van der Waals surface area contributed by atoms with Gasteiger partial charge in [-0.3, -0.25) is 4.79 Å². The van der Waals surface area contributed by atoms with E-state index in [1.54, 1.807) is 7.05 Å². The molecular formula is C20H31N3O3S2. The highest BCUT2D eigenvalue weighted by atomic mass is 32.2. The Kier molecular flexibility index (Phi) is 10.9. The Bertz CT molecular complexity index is 768. The van der Waals surface area contributed by atoms with E-state index in [1.807, 2.05) is 31.2 Å². The molecule has 28 heavy (non-hydrogen) atoms. The van der Waals surface area contributed by atoms with Crippen LogP contribution in [0.3, 0.4) is 0 Å². The van der Waals surface area contributed by atoms with Crippen LogP contribution in [0.4, 0.5) is 0 Å². The topological polar surface area (TPSA) is 87.6 Å². The van der Waals surface area contributed by atoms with Crippen LogP contribution in [0.5, 0.6) is 0 Å². The number of unbranched alkanes of at least 4 members (excludes halogenated alkanes) is 5. The lowest BCUT2D eigenvalue weighted by Crippen LogP contribution is -2.50. The van der Waals surface area contributed by atoms with Gasteiger partial charge < -0.3 is 10.6 Å². The summed E-state index contributed by atoms with van der Waals surface area (Å²) in [5.74, 6) is -0.335. The first-order valence-electron chi connectivity index (χ1n) is 9.73. The van der Waals surface area contributed by atoms with Gasteiger partial charge in [-0.1, -0.05) is 75.3 Å². The molecule has 0 aliphatic carbocycles. The molecule has 0 saturated heterocycles. The zero-order valence-corrected chi connectivity index (χ0v) is 18.6. The van der Waals surface area contributed by atoms with Gasteiger partial charge in [0.05, 0.1) is 12.0 Å². The van der Waals surface area contributed by atoms with Crippen molar-refractivity contribution in [2.75, 3.05) is 13.6 Å². The number of hydrogen-bond donors (Lipinski definition) is 2. The second-order valence-corrected chi connectivity index (χ2v) is 8.10. The molecule has 0 aliphatic rings. The number of carbonyl (C=O) groups is 1. The predicted octanol–water partition coefficient (Wildman–Crippen LogP) is 3.67. The van der Waals surface area contributed by atoms with Gasteiger partial charge in [-0.05, 0) is 31.1 Å². The van der Waals surface area contributed by atoms with Gasteiger partial charge in [0.25, 0.3) is 0 Å². The van der Waals surface area contributed by atoms with Crippen molar-refractivity contribution in [3.63, 3.8) is 0 Å². The Morgan fingerprint density at radius 3 is 2.29 bits per heavy atom. The van der Waals surface area contributed by atoms with Crippen LogP contribution >= 0.6 is 12.2 Å². The van der Waals surface area contributed by atoms with Crippen molar-refractivity contribution in [2.24, 2.45) is 4.36 Å². The quantitative estimate of drug-likeness (QED) is 0.417. The highest BCUT2D eigenvalue weighted by molar-refractivity contribution is 7.80. The molecule has 1 atom stereocenters. The normalized spacial score (nSPS) is 12.7. The number of carbonyl (C=O) groups excluding carboxylic acids is 1. The van der Waals surface area contributed by atoms with Gasteiger partial charge >= 0.3 is 10.5 Å². The van der Waals surface area contributed by atoms with Gasteiger partial charge in [0.2, 0.25) is 5.91 Å². The Labute approximate surface area is 175 Å². The van der Waals surface area contributed by atoms with Crippen molar-refractivity contribution < 1.29 is 13.2 Å². The molecule has 1 unspecified atom stereocenters. The summed E-state index contributed by atoms with van der Waals surface area (Å²) in [5, 5.41) is 5.62. The molecule has 0 aliphatic heterocycles. The summed E-state index contributed by atoms with van der Waals surface area (Å²) in [5.41, 5.74) is 0.726. The summed E-state index contributed by atoms with van der Waals surface area (Å²) in [6.07, 6.45) is 6.92. The van der Waals surface area contributed by atoms with Gasteiger partial charge in [0.15, 0.2) is 5.11 Å². The van der Waals surface area contributed by atoms with E-state index < -0.39 is 15.9 Å². The monoisotopic (exact) mass is 425 g/mol. The number of nitrogens with one attached hydrogen (secondary N) is 2. The van der Waals surface area contributed by atoms with Gasteiger partial charge in [0, 0.05) is 7.05 Å². The van der Waals surface area contributed by atoms with E-state index in [-0.39, 0.29) is 17.6 Å². The maximum atomic E-state index is 13.2. The van der Waals surface area contributed by atoms with Crippen LogP contribution in [0.15, 0.2) is 28.6 Å². The SMILES string of the molecule is CCCCCCCCC(CN=S(=O)=O)(C(=O)NC(=S)NC)c1ccc(C)cc1. The number of rotatable bonds is 11. The third-order valence-corrected chi connectivity index (χ3v) is 5.54. The third kappa shape index (κ3) is 7.67. The standard InChI is InChI=1S/C20H31N3O3S2/c1-4-5-6-7-8-9-14-20(15-22-28(25)26,18(24)23-19(27)21-3)17-12-10-16(2)11-13-17/h10-13H,4-9,14-15H2,1-3H3,(H2,21,23,24,27). The number of hydrogen-bond acceptors (Lipinski definition) is 5. The van der Waals surface area contributed by atoms with E-state index >= 15 is 0 Å². The highest BCUT2D eigenvalue weighted by Crippen LogP contribution is 2.32. The Morgan fingerprint density at radius 2 is 1.71 bits per heavy atom. The minimum atomic E-state index is -2.59. The van der Waals surface area contributed by atoms with E-state index in [0.29, 0.717) is 6.42 Å². The highest BCUT2D eigenvalue weighted by Gasteiger charge is 2.40. The van der Waals surface area contributed by atoms with Crippen LogP contribution in [-0.4, -0.2) is 33.0 Å². The molecule has 0 fully saturated rings. The lowest BCUT2D eigenvalue weighted by Gasteiger charge is -2.31. The van der Waals surface area contributed by atoms with E-state index in [1.165, 1.54) is 19.3 Å². The summed E-state index contributed by atoms with van der Waals surface area (Å²) < 4.78 is 26.0. The van der Waals surface area contributed by atoms with E-state index in [0.717, 1.165) is 30.4 Å². The number of benzene rings is 1. The molecule has 0 bridgehead atoms. The smallest absolute Gasteiger partial charge is 0.311 e. The third-order valence-electron chi connectivity index (χ3n) is 4.89. The zero-order valence-electron chi connectivity index (χ0n) is 17.0. The fourth-order valence-corrected chi connectivity index (χ4v) is 3.58. The maximum absolute atomic E-state index is 13.2. The first kappa shape index (κ1) is 24.2. The number of aryl methyl sites for hydroxylation is 1. The molecule has 156 valence electrons. The average Bonchev–Trinajstić information content (AvgIpc) is 2.67. The van der Waals surface area contributed by atoms with Crippen LogP contribution < -0.4 is 10.6 Å². The van der Waals surface area contributed by atoms with Crippen LogP contribution in [0.2, 0.25) is 0 Å². The molecule has 6 nitrogen and oxygen atoms in total. The molecule has 0 radical (unpaired) electrons. The van der Waals surface area contributed by atoms with Crippen LogP contribution in [0.25, 0.3) is 0 Å². The summed E-state index contributed by atoms with van der Waals surface area (Å²) in [7, 11) is -0.960. The molecule has 0 aromatic heterocycles. The van der Waals surface area contributed by atoms with E-state index in [4.69, 9.17) is 12.2 Å². The van der Waals surface area contributed by atoms with Gasteiger partial charge in [0.1, 0.15) is 0 Å². The second kappa shape index (κ2) is 12.6. The van der Waals surface area contributed by atoms with Gasteiger partial charge in [-0.25, -0.2) is 0 Å². The van der Waals surface area contributed by atoms with Crippen LogP contribution in [0.1, 0.15) is 63.0 Å². The summed E-state index contributed by atoms with van der Waals surface area (Å²) in [6.45, 7) is 3.99. The number of thiocarbonyl (C=S) groups is 1. The lowest BCUT2D eigenvalue weighted by molar-refractivity contribution is -0.125. The first-order chi connectivity index (χ1) is 13.4. The molecule has 8 heteroatoms. The van der Waals surface area contributed by atoms with Crippen molar-refractivity contribution >= 4 is 33.7 Å². The van der Waals surface area contributed by atoms with Gasteiger partial charge in [-0.2, -0.15) is 12.8 Å². The molecule has 1 rings (SSSR count). The molecule has 0 spiro atoms. The molecule has 0 heterocycles. The molecule has 1 aromatic carbocycles. The average molecular weight is 426 g/mol. The van der Waals surface area contributed by atoms with Crippen molar-refractivity contribution in [2.45, 2.75) is 64.2 Å². The largest absolute Gasteiger partial charge is 0.365 e. The summed E-state index contributed by atoms with van der Waals surface area (Å²) in [6, 6.07) is 7.58. The van der Waals surface area contributed by atoms with Crippen LogP contribution in [-0.2, 0) is 20.7 Å². The number of nitrogens with zero attached hydrogens (tertiary/aromatic N) is 1. The minimum absolute atomic E-state index is 0.140. The number of amides is 1. The zero-order chi connectivity index (χ0) is 21.0.